The molecule has 2 heterocycles. The maximum atomic E-state index is 12.2. The number of hydrogen-bond acceptors (Lipinski definition) is 5. The van der Waals surface area contributed by atoms with Gasteiger partial charge in [0, 0.05) is 23.5 Å². The summed E-state index contributed by atoms with van der Waals surface area (Å²) >= 11 is 0. The number of rotatable bonds is 4. The van der Waals surface area contributed by atoms with E-state index in [0.717, 1.165) is 6.07 Å². The Morgan fingerprint density at radius 3 is 2.75 bits per heavy atom. The molecule has 3 aromatic rings. The van der Waals surface area contributed by atoms with Crippen molar-refractivity contribution in [2.24, 2.45) is 0 Å². The number of carbonyl (C=O) groups is 1. The highest BCUT2D eigenvalue weighted by Crippen LogP contribution is 2.19. The first kappa shape index (κ1) is 15.7. The van der Waals surface area contributed by atoms with Crippen molar-refractivity contribution in [2.75, 3.05) is 11.9 Å². The first-order valence-corrected chi connectivity index (χ1v) is 6.68. The average molecular weight is 337 g/mol. The molecule has 0 fully saturated rings. The van der Waals surface area contributed by atoms with Gasteiger partial charge in [-0.2, -0.15) is 28.6 Å². The molecule has 10 heteroatoms. The summed E-state index contributed by atoms with van der Waals surface area (Å²) < 4.78 is 41.0. The molecule has 7 nitrogen and oxygen atoms in total. The highest BCUT2D eigenvalue weighted by atomic mass is 19.4. The molecule has 0 saturated heterocycles. The van der Waals surface area contributed by atoms with E-state index in [-0.39, 0.29) is 11.4 Å². The molecule has 24 heavy (non-hydrogen) atoms. The molecule has 3 rings (SSSR count). The van der Waals surface area contributed by atoms with Crippen molar-refractivity contribution < 1.29 is 22.7 Å². The van der Waals surface area contributed by atoms with Crippen LogP contribution in [0.3, 0.4) is 0 Å². The number of nitrogens with zero attached hydrogens (tertiary/aromatic N) is 3. The lowest BCUT2D eigenvalue weighted by molar-refractivity contribution is -0.154. The number of alkyl halides is 3. The molecule has 0 aliphatic rings. The van der Waals surface area contributed by atoms with Gasteiger partial charge in [-0.15, -0.1) is 0 Å². The van der Waals surface area contributed by atoms with Gasteiger partial charge in [-0.05, 0) is 24.3 Å². The summed E-state index contributed by atoms with van der Waals surface area (Å²) in [6.45, 7) is -1.48. The minimum Gasteiger partial charge on any atom is -0.468 e. The van der Waals surface area contributed by atoms with Crippen molar-refractivity contribution in [3.63, 3.8) is 0 Å². The van der Waals surface area contributed by atoms with E-state index < -0.39 is 18.7 Å². The molecule has 1 amide bonds. The summed E-state index contributed by atoms with van der Waals surface area (Å²) in [5.74, 6) is -0.802. The zero-order valence-corrected chi connectivity index (χ0v) is 12.0. The highest BCUT2D eigenvalue weighted by molar-refractivity contribution is 6.05. The van der Waals surface area contributed by atoms with Crippen molar-refractivity contribution >= 4 is 22.6 Å². The van der Waals surface area contributed by atoms with E-state index in [1.807, 2.05) is 0 Å². The topological polar surface area (TPSA) is 92.8 Å². The van der Waals surface area contributed by atoms with Gasteiger partial charge in [-0.3, -0.25) is 4.79 Å². The third-order valence-corrected chi connectivity index (χ3v) is 2.95. The summed E-state index contributed by atoms with van der Waals surface area (Å²) in [5, 5.41) is 12.8. The Kier molecular flexibility index (Phi) is 4.02. The van der Waals surface area contributed by atoms with Crippen LogP contribution in [0.4, 0.5) is 18.9 Å². The average Bonchev–Trinajstić information content (AvgIpc) is 3.00. The quantitative estimate of drug-likeness (QED) is 0.763. The molecule has 0 aliphatic carbocycles. The van der Waals surface area contributed by atoms with E-state index >= 15 is 0 Å². The number of benzene rings is 1. The number of nitrogens with one attached hydrogen (secondary N) is 2. The minimum atomic E-state index is -4.48. The molecule has 0 atom stereocenters. The van der Waals surface area contributed by atoms with E-state index in [1.165, 1.54) is 12.3 Å². The Labute approximate surface area is 132 Å². The predicted octanol–water partition coefficient (Wildman–Crippen LogP) is 2.55. The SMILES string of the molecule is O=C(Nc1ccc2n[nH]nc2c1)c1ccnc(OCC(F)(F)F)c1. The third-order valence-electron chi connectivity index (χ3n) is 2.95. The van der Waals surface area contributed by atoms with Crippen LogP contribution in [0, 0.1) is 0 Å². The van der Waals surface area contributed by atoms with Crippen molar-refractivity contribution in [1.82, 2.24) is 20.4 Å². The van der Waals surface area contributed by atoms with Crippen LogP contribution in [0.25, 0.3) is 11.0 Å². The maximum absolute atomic E-state index is 12.2. The molecule has 0 aliphatic heterocycles. The number of pyridine rings is 1. The molecule has 2 aromatic heterocycles. The van der Waals surface area contributed by atoms with Gasteiger partial charge in [0.25, 0.3) is 5.91 Å². The van der Waals surface area contributed by atoms with Gasteiger partial charge in [-0.1, -0.05) is 0 Å². The number of halogens is 3. The van der Waals surface area contributed by atoms with Crippen LogP contribution in [-0.4, -0.2) is 39.1 Å². The Bertz CT molecular complexity index is 878. The fourth-order valence-corrected chi connectivity index (χ4v) is 1.91. The predicted molar refractivity (Wildman–Crippen MR) is 77.6 cm³/mol. The van der Waals surface area contributed by atoms with E-state index in [4.69, 9.17) is 0 Å². The van der Waals surface area contributed by atoms with Crippen LogP contribution < -0.4 is 10.1 Å². The zero-order chi connectivity index (χ0) is 17.2. The van der Waals surface area contributed by atoms with Gasteiger partial charge in [0.2, 0.25) is 5.88 Å². The molecular formula is C14H10F3N5O2. The standard InChI is InChI=1S/C14H10F3N5O2/c15-14(16,17)7-24-12-5-8(3-4-18-12)13(23)19-9-1-2-10-11(6-9)21-22-20-10/h1-6H,7H2,(H,19,23)(H,20,21,22). The lowest BCUT2D eigenvalue weighted by Gasteiger charge is -2.09. The van der Waals surface area contributed by atoms with Crippen LogP contribution in [0.1, 0.15) is 10.4 Å². The van der Waals surface area contributed by atoms with E-state index in [1.54, 1.807) is 18.2 Å². The molecule has 0 bridgehead atoms. The number of carbonyl (C=O) groups excluding carboxylic acids is 1. The number of hydrogen-bond donors (Lipinski definition) is 2. The number of aromatic nitrogens is 4. The normalized spacial score (nSPS) is 11.5. The number of aromatic amines is 1. The first-order chi connectivity index (χ1) is 11.4. The lowest BCUT2D eigenvalue weighted by atomic mass is 10.2. The summed E-state index contributed by atoms with van der Waals surface area (Å²) in [6.07, 6.45) is -3.28. The molecule has 0 radical (unpaired) electrons. The van der Waals surface area contributed by atoms with Crippen molar-refractivity contribution in [1.29, 1.82) is 0 Å². The summed E-state index contributed by atoms with van der Waals surface area (Å²) in [5.41, 5.74) is 1.79. The van der Waals surface area contributed by atoms with Crippen molar-refractivity contribution in [3.05, 3.63) is 42.1 Å². The van der Waals surface area contributed by atoms with Crippen LogP contribution in [0.15, 0.2) is 36.5 Å². The Balaban J connectivity index is 1.72. The van der Waals surface area contributed by atoms with Crippen LogP contribution in [-0.2, 0) is 0 Å². The molecule has 0 saturated carbocycles. The molecule has 2 N–H and O–H groups in total. The van der Waals surface area contributed by atoms with Gasteiger partial charge in [0.05, 0.1) is 0 Å². The highest BCUT2D eigenvalue weighted by Gasteiger charge is 2.28. The van der Waals surface area contributed by atoms with Gasteiger partial charge in [0.15, 0.2) is 6.61 Å². The number of H-pyrrole nitrogens is 1. The summed E-state index contributed by atoms with van der Waals surface area (Å²) in [7, 11) is 0. The largest absolute Gasteiger partial charge is 0.468 e. The molecule has 0 unspecified atom stereocenters. The smallest absolute Gasteiger partial charge is 0.422 e. The first-order valence-electron chi connectivity index (χ1n) is 6.68. The van der Waals surface area contributed by atoms with E-state index in [2.05, 4.69) is 30.4 Å². The monoisotopic (exact) mass is 337 g/mol. The number of anilines is 1. The van der Waals surface area contributed by atoms with Crippen molar-refractivity contribution in [2.45, 2.75) is 6.18 Å². The van der Waals surface area contributed by atoms with Gasteiger partial charge < -0.3 is 10.1 Å². The van der Waals surface area contributed by atoms with Gasteiger partial charge >= 0.3 is 6.18 Å². The minimum absolute atomic E-state index is 0.113. The lowest BCUT2D eigenvalue weighted by Crippen LogP contribution is -2.20. The maximum Gasteiger partial charge on any atom is 0.422 e. The second kappa shape index (κ2) is 6.14. The van der Waals surface area contributed by atoms with E-state index in [9.17, 15) is 18.0 Å². The molecule has 124 valence electrons. The van der Waals surface area contributed by atoms with E-state index in [0.29, 0.717) is 16.7 Å². The Morgan fingerprint density at radius 2 is 1.96 bits per heavy atom. The van der Waals surface area contributed by atoms with Gasteiger partial charge in [-0.25, -0.2) is 4.98 Å². The number of amides is 1. The van der Waals surface area contributed by atoms with Crippen molar-refractivity contribution in [3.8, 4) is 5.88 Å². The molecule has 0 spiro atoms. The van der Waals surface area contributed by atoms with Crippen LogP contribution >= 0.6 is 0 Å². The Morgan fingerprint density at radius 1 is 1.17 bits per heavy atom. The second-order valence-electron chi connectivity index (χ2n) is 4.77. The molecular weight excluding hydrogens is 327 g/mol. The zero-order valence-electron chi connectivity index (χ0n) is 12.0. The fourth-order valence-electron chi connectivity index (χ4n) is 1.91. The van der Waals surface area contributed by atoms with Crippen LogP contribution in [0.2, 0.25) is 0 Å². The third kappa shape index (κ3) is 3.77. The van der Waals surface area contributed by atoms with Crippen LogP contribution in [0.5, 0.6) is 5.88 Å². The summed E-state index contributed by atoms with van der Waals surface area (Å²) in [4.78, 5) is 15.8. The summed E-state index contributed by atoms with van der Waals surface area (Å²) in [6, 6.07) is 7.41. The fraction of sp³-hybridized carbons (Fsp3) is 0.143. The molecule has 1 aromatic carbocycles. The second-order valence-corrected chi connectivity index (χ2v) is 4.77. The number of fused-ring (bicyclic) bond motifs is 1. The Hall–Kier alpha value is -3.17. The number of ether oxygens (including phenoxy) is 1. The van der Waals surface area contributed by atoms with Gasteiger partial charge in [0.1, 0.15) is 11.0 Å².